The topological polar surface area (TPSA) is 74.6 Å². The minimum absolute atomic E-state index is 0.222. The summed E-state index contributed by atoms with van der Waals surface area (Å²) in [7, 11) is 0. The van der Waals surface area contributed by atoms with Crippen molar-refractivity contribution in [1.82, 2.24) is 0 Å². The van der Waals surface area contributed by atoms with E-state index >= 15 is 0 Å². The molecule has 4 unspecified atom stereocenters. The van der Waals surface area contributed by atoms with E-state index in [0.717, 1.165) is 25.7 Å². The number of Topliss-reactive ketones (excluding diaryl/α,β-unsaturated/α-hetero) is 1. The number of aliphatic carboxylic acids is 1. The summed E-state index contributed by atoms with van der Waals surface area (Å²) < 4.78 is 0. The van der Waals surface area contributed by atoms with E-state index in [1.54, 1.807) is 13.0 Å². The Balaban J connectivity index is 1.75. The van der Waals surface area contributed by atoms with E-state index in [9.17, 15) is 19.8 Å². The van der Waals surface area contributed by atoms with Crippen LogP contribution in [-0.2, 0) is 16.0 Å². The van der Waals surface area contributed by atoms with Crippen LogP contribution in [0.1, 0.15) is 63.0 Å². The van der Waals surface area contributed by atoms with Crippen LogP contribution < -0.4 is 0 Å². The fourth-order valence-corrected chi connectivity index (χ4v) is 6.33. The second-order valence-electron chi connectivity index (χ2n) is 9.03. The van der Waals surface area contributed by atoms with Gasteiger partial charge in [0.25, 0.3) is 0 Å². The van der Waals surface area contributed by atoms with Gasteiger partial charge in [0, 0.05) is 11.8 Å². The number of aromatic hydroxyl groups is 1. The molecule has 3 aliphatic rings. The number of benzene rings is 1. The molecule has 4 nitrogen and oxygen atoms in total. The summed E-state index contributed by atoms with van der Waals surface area (Å²) in [5.41, 5.74) is 2.26. The van der Waals surface area contributed by atoms with Crippen LogP contribution in [-0.4, -0.2) is 22.0 Å². The number of hydrogen-bond donors (Lipinski definition) is 2. The molecular weight excluding hydrogens is 328 g/mol. The molecule has 1 aromatic carbocycles. The van der Waals surface area contributed by atoms with Gasteiger partial charge in [-0.05, 0) is 79.0 Å². The summed E-state index contributed by atoms with van der Waals surface area (Å²) in [6.45, 7) is 3.93. The predicted molar refractivity (Wildman–Crippen MR) is 98.0 cm³/mol. The van der Waals surface area contributed by atoms with E-state index in [2.05, 4.69) is 13.0 Å². The number of carbonyl (C=O) groups is 2. The van der Waals surface area contributed by atoms with Crippen LogP contribution in [0.3, 0.4) is 0 Å². The summed E-state index contributed by atoms with van der Waals surface area (Å²) in [5.74, 6) is 0.937. The number of ketones is 1. The van der Waals surface area contributed by atoms with Crippen molar-refractivity contribution in [3.63, 3.8) is 0 Å². The van der Waals surface area contributed by atoms with Crippen LogP contribution in [0.2, 0.25) is 0 Å². The Bertz CT molecular complexity index is 755. The molecule has 0 bridgehead atoms. The molecule has 0 aromatic heterocycles. The minimum Gasteiger partial charge on any atom is -0.508 e. The van der Waals surface area contributed by atoms with Crippen LogP contribution >= 0.6 is 0 Å². The maximum atomic E-state index is 12.6. The largest absolute Gasteiger partial charge is 0.508 e. The predicted octanol–water partition coefficient (Wildman–Crippen LogP) is 4.15. The van der Waals surface area contributed by atoms with Crippen LogP contribution in [0.15, 0.2) is 18.2 Å². The molecule has 3 aliphatic carbocycles. The van der Waals surface area contributed by atoms with Gasteiger partial charge in [-0.1, -0.05) is 19.9 Å². The number of carbonyl (C=O) groups excluding carboxylic acids is 1. The lowest BCUT2D eigenvalue weighted by molar-refractivity contribution is -0.142. The molecule has 2 saturated carbocycles. The highest BCUT2D eigenvalue weighted by Crippen LogP contribution is 2.61. The van der Waals surface area contributed by atoms with Gasteiger partial charge in [0.05, 0.1) is 5.92 Å². The van der Waals surface area contributed by atoms with Crippen LogP contribution in [0.4, 0.5) is 0 Å². The molecule has 26 heavy (non-hydrogen) atoms. The Hall–Kier alpha value is -1.84. The van der Waals surface area contributed by atoms with Crippen molar-refractivity contribution in [3.8, 4) is 5.75 Å². The molecule has 0 heterocycles. The van der Waals surface area contributed by atoms with Crippen molar-refractivity contribution in [1.29, 1.82) is 0 Å². The fourth-order valence-electron chi connectivity index (χ4n) is 6.33. The van der Waals surface area contributed by atoms with Gasteiger partial charge in [0.15, 0.2) is 0 Å². The number of rotatable bonds is 3. The number of carboxylic acids is 1. The number of carboxylic acid groups (broad SMARTS) is 1. The smallest absolute Gasteiger partial charge is 0.306 e. The minimum atomic E-state index is -0.746. The van der Waals surface area contributed by atoms with Gasteiger partial charge in [-0.25, -0.2) is 0 Å². The normalized spacial score (nSPS) is 36.8. The maximum Gasteiger partial charge on any atom is 0.306 e. The molecule has 0 aliphatic heterocycles. The zero-order chi connectivity index (χ0) is 18.6. The van der Waals surface area contributed by atoms with E-state index in [1.165, 1.54) is 11.1 Å². The Kier molecular flexibility index (Phi) is 4.13. The third-order valence-electron chi connectivity index (χ3n) is 7.67. The lowest BCUT2D eigenvalue weighted by atomic mass is 9.52. The molecule has 4 heteroatoms. The molecular formula is C22H28O4. The van der Waals surface area contributed by atoms with Crippen molar-refractivity contribution in [2.24, 2.45) is 29.1 Å². The van der Waals surface area contributed by atoms with Crippen LogP contribution in [0.5, 0.6) is 5.75 Å². The third-order valence-corrected chi connectivity index (χ3v) is 7.67. The second kappa shape index (κ2) is 6.11. The number of phenols is 1. The first-order valence-electron chi connectivity index (χ1n) is 9.89. The van der Waals surface area contributed by atoms with Gasteiger partial charge in [-0.15, -0.1) is 0 Å². The number of hydrogen-bond acceptors (Lipinski definition) is 3. The lowest BCUT2D eigenvalue weighted by Gasteiger charge is -2.52. The second-order valence-corrected chi connectivity index (χ2v) is 9.03. The molecule has 2 fully saturated rings. The summed E-state index contributed by atoms with van der Waals surface area (Å²) in [6, 6.07) is 5.68. The van der Waals surface area contributed by atoms with Gasteiger partial charge in [-0.3, -0.25) is 9.59 Å². The molecule has 0 spiro atoms. The van der Waals surface area contributed by atoms with Gasteiger partial charge in [0.2, 0.25) is 0 Å². The van der Waals surface area contributed by atoms with Gasteiger partial charge in [-0.2, -0.15) is 0 Å². The molecule has 1 aromatic rings. The van der Waals surface area contributed by atoms with Crippen molar-refractivity contribution >= 4 is 11.8 Å². The van der Waals surface area contributed by atoms with Crippen molar-refractivity contribution in [2.45, 2.75) is 58.3 Å². The Labute approximate surface area is 154 Å². The van der Waals surface area contributed by atoms with Crippen molar-refractivity contribution in [2.75, 3.05) is 0 Å². The summed E-state index contributed by atoms with van der Waals surface area (Å²) in [5, 5.41) is 19.4. The summed E-state index contributed by atoms with van der Waals surface area (Å²) in [6.07, 6.45) is 4.99. The average Bonchev–Trinajstić information content (AvgIpc) is 2.89. The Morgan fingerprint density at radius 2 is 2.12 bits per heavy atom. The molecule has 0 radical (unpaired) electrons. The third kappa shape index (κ3) is 2.57. The number of fused-ring (bicyclic) bond motifs is 5. The molecule has 4 rings (SSSR count). The van der Waals surface area contributed by atoms with Gasteiger partial charge >= 0.3 is 5.97 Å². The van der Waals surface area contributed by atoms with Crippen LogP contribution in [0.25, 0.3) is 0 Å². The highest BCUT2D eigenvalue weighted by Gasteiger charge is 2.56. The van der Waals surface area contributed by atoms with Crippen molar-refractivity contribution < 1.29 is 19.8 Å². The first-order valence-corrected chi connectivity index (χ1v) is 9.89. The lowest BCUT2D eigenvalue weighted by Crippen LogP contribution is -2.46. The average molecular weight is 356 g/mol. The molecule has 0 amide bonds. The summed E-state index contributed by atoms with van der Waals surface area (Å²) >= 11 is 0. The van der Waals surface area contributed by atoms with E-state index in [4.69, 9.17) is 0 Å². The number of phenolic OH excluding ortho intramolecular Hbond substituents is 1. The maximum absolute atomic E-state index is 12.6. The Morgan fingerprint density at radius 3 is 2.85 bits per heavy atom. The van der Waals surface area contributed by atoms with Crippen LogP contribution in [0, 0.1) is 29.1 Å². The molecule has 6 atom stereocenters. The molecule has 2 N–H and O–H groups in total. The first kappa shape index (κ1) is 17.6. The molecule has 140 valence electrons. The monoisotopic (exact) mass is 356 g/mol. The van der Waals surface area contributed by atoms with E-state index in [-0.39, 0.29) is 23.0 Å². The highest BCUT2D eigenvalue weighted by atomic mass is 16.4. The first-order chi connectivity index (χ1) is 12.3. The van der Waals surface area contributed by atoms with Crippen molar-refractivity contribution in [3.05, 3.63) is 29.3 Å². The SMILES string of the molecule is CC(C[C@@H]1Cc2cc(O)ccc2C2CC[C@]3(C)C(=O)CCC3C21)C(=O)O. The Morgan fingerprint density at radius 1 is 1.35 bits per heavy atom. The van der Waals surface area contributed by atoms with Gasteiger partial charge in [0.1, 0.15) is 11.5 Å². The zero-order valence-corrected chi connectivity index (χ0v) is 15.6. The summed E-state index contributed by atoms with van der Waals surface area (Å²) in [4.78, 5) is 24.1. The van der Waals surface area contributed by atoms with E-state index < -0.39 is 5.97 Å². The van der Waals surface area contributed by atoms with E-state index in [1.807, 2.05) is 6.07 Å². The highest BCUT2D eigenvalue weighted by molar-refractivity contribution is 5.87. The quantitative estimate of drug-likeness (QED) is 0.853. The fraction of sp³-hybridized carbons (Fsp3) is 0.636. The van der Waals surface area contributed by atoms with E-state index in [0.29, 0.717) is 36.4 Å². The zero-order valence-electron chi connectivity index (χ0n) is 15.6. The van der Waals surface area contributed by atoms with Gasteiger partial charge < -0.3 is 10.2 Å². The standard InChI is InChI=1S/C22H28O4/c1-12(21(25)26)9-14-10-13-11-15(23)3-4-16(13)17-7-8-22(2)18(20(14)17)5-6-19(22)24/h3-4,11-12,14,17-18,20,23H,5-10H2,1-2H3,(H,25,26)/t12?,14-,17?,18?,20?,22+/m1/s1. The molecule has 0 saturated heterocycles.